The molecule has 0 saturated carbocycles. The molecule has 0 aliphatic carbocycles. The highest BCUT2D eigenvalue weighted by Crippen LogP contribution is 1.89. The van der Waals surface area contributed by atoms with E-state index in [0.29, 0.717) is 0 Å². The Balaban J connectivity index is 0.000000291. The number of hydrogen-bond donors (Lipinski definition) is 1. The van der Waals surface area contributed by atoms with Crippen molar-refractivity contribution < 1.29 is 0 Å². The number of hydrogen-bond acceptors (Lipinski definition) is 2. The van der Waals surface area contributed by atoms with Crippen molar-refractivity contribution in [2.24, 2.45) is 0 Å². The third-order valence-corrected chi connectivity index (χ3v) is 1.43. The Morgan fingerprint density at radius 2 is 2.11 bits per heavy atom. The minimum atomic E-state index is 0.0255. The number of rotatable bonds is 0. The normalized spacial score (nSPS) is 7.89. The lowest BCUT2D eigenvalue weighted by atomic mass is 10.6. The van der Waals surface area contributed by atoms with Crippen LogP contribution in [0.1, 0.15) is 19.5 Å². The van der Waals surface area contributed by atoms with Crippen molar-refractivity contribution in [3.05, 3.63) is 20.7 Å². The summed E-state index contributed by atoms with van der Waals surface area (Å²) in [7, 11) is 0. The molecule has 1 rings (SSSR count). The predicted octanol–water partition coefficient (Wildman–Crippen LogP) is 1.77. The van der Waals surface area contributed by atoms with Gasteiger partial charge in [-0.2, -0.15) is 0 Å². The zero-order valence-corrected chi connectivity index (χ0v) is 6.71. The van der Waals surface area contributed by atoms with Crippen molar-refractivity contribution in [1.82, 2.24) is 4.98 Å². The Kier molecular flexibility index (Phi) is 4.05. The summed E-state index contributed by atoms with van der Waals surface area (Å²) in [6.45, 7) is 5.86. The third-order valence-electron chi connectivity index (χ3n) is 0.642. The van der Waals surface area contributed by atoms with Gasteiger partial charge in [-0.25, -0.2) is 0 Å². The summed E-state index contributed by atoms with van der Waals surface area (Å²) in [6, 6.07) is 0. The van der Waals surface area contributed by atoms with Crippen LogP contribution in [-0.4, -0.2) is 4.98 Å². The van der Waals surface area contributed by atoms with Gasteiger partial charge in [-0.1, -0.05) is 25.2 Å². The van der Waals surface area contributed by atoms with Gasteiger partial charge in [0.1, 0.15) is 0 Å². The molecule has 1 aromatic rings. The Morgan fingerprint density at radius 1 is 1.56 bits per heavy atom. The summed E-state index contributed by atoms with van der Waals surface area (Å²) in [5.74, 6) is 0. The summed E-state index contributed by atoms with van der Waals surface area (Å²) in [5.41, 5.74) is 0.940. The van der Waals surface area contributed by atoms with E-state index in [1.54, 1.807) is 5.38 Å². The fourth-order valence-corrected chi connectivity index (χ4v) is 0.924. The van der Waals surface area contributed by atoms with Gasteiger partial charge in [0.25, 0.3) is 0 Å². The molecule has 0 aliphatic heterocycles. The third kappa shape index (κ3) is 3.08. The average Bonchev–Trinajstić information content (AvgIpc) is 2.20. The lowest BCUT2D eigenvalue weighted by molar-refractivity contribution is 1.22. The Morgan fingerprint density at radius 3 is 2.22 bits per heavy atom. The van der Waals surface area contributed by atoms with Crippen molar-refractivity contribution in [3.63, 3.8) is 0 Å². The van der Waals surface area contributed by atoms with Crippen LogP contribution in [0.2, 0.25) is 0 Å². The highest BCUT2D eigenvalue weighted by Gasteiger charge is 1.83. The molecule has 3 heteroatoms. The average molecular weight is 145 g/mol. The number of aryl methyl sites for hydroxylation is 1. The number of H-pyrrole nitrogens is 1. The second-order valence-electron chi connectivity index (χ2n) is 1.33. The van der Waals surface area contributed by atoms with E-state index >= 15 is 0 Å². The number of aromatic nitrogens is 1. The molecule has 2 nitrogen and oxygen atoms in total. The van der Waals surface area contributed by atoms with Gasteiger partial charge < -0.3 is 4.98 Å². The molecule has 0 fully saturated rings. The molecule has 1 heterocycles. The van der Waals surface area contributed by atoms with Gasteiger partial charge in [0, 0.05) is 11.1 Å². The number of nitrogens with one attached hydrogen (secondary N) is 1. The van der Waals surface area contributed by atoms with E-state index in [1.807, 2.05) is 20.8 Å². The molecule has 52 valence electrons. The van der Waals surface area contributed by atoms with Gasteiger partial charge in [-0.15, -0.1) is 0 Å². The Hall–Kier alpha value is -0.570. The van der Waals surface area contributed by atoms with Gasteiger partial charge in [0.15, 0.2) is 0 Å². The molecule has 0 aliphatic rings. The number of aromatic amines is 1. The smallest absolute Gasteiger partial charge is 0.304 e. The van der Waals surface area contributed by atoms with Crippen LogP contribution < -0.4 is 4.87 Å². The predicted molar refractivity (Wildman–Crippen MR) is 41.0 cm³/mol. The van der Waals surface area contributed by atoms with Crippen molar-refractivity contribution in [3.8, 4) is 0 Å². The van der Waals surface area contributed by atoms with Gasteiger partial charge in [-0.3, -0.25) is 4.79 Å². The summed E-state index contributed by atoms with van der Waals surface area (Å²) < 4.78 is 0. The molecule has 0 atom stereocenters. The van der Waals surface area contributed by atoms with E-state index in [-0.39, 0.29) is 4.87 Å². The Bertz CT molecular complexity index is 201. The monoisotopic (exact) mass is 145 g/mol. The largest absolute Gasteiger partial charge is 0.317 e. The highest BCUT2D eigenvalue weighted by molar-refractivity contribution is 7.07. The molecule has 9 heavy (non-hydrogen) atoms. The van der Waals surface area contributed by atoms with Crippen LogP contribution in [0.3, 0.4) is 0 Å². The first kappa shape index (κ1) is 8.43. The maximum atomic E-state index is 10.3. The molecule has 0 amide bonds. The lowest BCUT2D eigenvalue weighted by Gasteiger charge is -1.68. The summed E-state index contributed by atoms with van der Waals surface area (Å²) >= 11 is 1.19. The van der Waals surface area contributed by atoms with Crippen molar-refractivity contribution in [2.45, 2.75) is 20.8 Å². The maximum Gasteiger partial charge on any atom is 0.304 e. The summed E-state index contributed by atoms with van der Waals surface area (Å²) in [6.07, 6.45) is 0. The molecule has 0 unspecified atom stereocenters. The van der Waals surface area contributed by atoms with Crippen LogP contribution in [0.15, 0.2) is 10.2 Å². The van der Waals surface area contributed by atoms with E-state index in [1.165, 1.54) is 11.3 Å². The van der Waals surface area contributed by atoms with E-state index in [9.17, 15) is 4.79 Å². The zero-order chi connectivity index (χ0) is 7.28. The van der Waals surface area contributed by atoms with Gasteiger partial charge in [0.2, 0.25) is 0 Å². The van der Waals surface area contributed by atoms with Gasteiger partial charge >= 0.3 is 4.87 Å². The SMILES string of the molecule is CC.Cc1csc(=O)[nH]1. The quantitative estimate of drug-likeness (QED) is 0.593. The molecule has 1 aromatic heterocycles. The van der Waals surface area contributed by atoms with Crippen LogP contribution in [-0.2, 0) is 0 Å². The first-order valence-electron chi connectivity index (χ1n) is 2.93. The molecular weight excluding hydrogens is 134 g/mol. The minimum absolute atomic E-state index is 0.0255. The van der Waals surface area contributed by atoms with Crippen LogP contribution in [0.5, 0.6) is 0 Å². The molecule has 0 saturated heterocycles. The minimum Gasteiger partial charge on any atom is -0.317 e. The highest BCUT2D eigenvalue weighted by atomic mass is 32.1. The first-order valence-corrected chi connectivity index (χ1v) is 3.81. The van der Waals surface area contributed by atoms with E-state index in [0.717, 1.165) is 5.69 Å². The summed E-state index contributed by atoms with van der Waals surface area (Å²) in [4.78, 5) is 12.9. The van der Waals surface area contributed by atoms with Gasteiger partial charge in [0.05, 0.1) is 0 Å². The molecule has 0 spiro atoms. The van der Waals surface area contributed by atoms with E-state index in [4.69, 9.17) is 0 Å². The summed E-state index contributed by atoms with van der Waals surface area (Å²) in [5, 5.41) is 1.79. The lowest BCUT2D eigenvalue weighted by Crippen LogP contribution is -1.90. The van der Waals surface area contributed by atoms with Crippen molar-refractivity contribution in [1.29, 1.82) is 0 Å². The second kappa shape index (κ2) is 4.32. The first-order chi connectivity index (χ1) is 4.29. The molecule has 0 bridgehead atoms. The van der Waals surface area contributed by atoms with Crippen LogP contribution in [0.25, 0.3) is 0 Å². The van der Waals surface area contributed by atoms with Crippen LogP contribution >= 0.6 is 11.3 Å². The van der Waals surface area contributed by atoms with E-state index in [2.05, 4.69) is 4.98 Å². The van der Waals surface area contributed by atoms with Crippen LogP contribution in [0.4, 0.5) is 0 Å². The molecule has 0 radical (unpaired) electrons. The van der Waals surface area contributed by atoms with Crippen LogP contribution in [0, 0.1) is 6.92 Å². The fraction of sp³-hybridized carbons (Fsp3) is 0.500. The van der Waals surface area contributed by atoms with Crippen molar-refractivity contribution >= 4 is 11.3 Å². The fourth-order valence-electron chi connectivity index (χ4n) is 0.362. The van der Waals surface area contributed by atoms with Gasteiger partial charge in [-0.05, 0) is 6.92 Å². The molecule has 1 N–H and O–H groups in total. The second-order valence-corrected chi connectivity index (χ2v) is 2.17. The molecular formula is C6H11NOS. The zero-order valence-electron chi connectivity index (χ0n) is 5.89. The Labute approximate surface area is 58.6 Å². The maximum absolute atomic E-state index is 10.3. The topological polar surface area (TPSA) is 32.9 Å². The number of thiazole rings is 1. The van der Waals surface area contributed by atoms with Crippen molar-refractivity contribution in [2.75, 3.05) is 0 Å². The molecule has 0 aromatic carbocycles. The standard InChI is InChI=1S/C4H5NOS.C2H6/c1-3-2-7-4(6)5-3;1-2/h2H,1H3,(H,5,6);1-2H3. The van der Waals surface area contributed by atoms with E-state index < -0.39 is 0 Å².